The maximum Gasteiger partial charge on any atom is 0.255 e. The molecule has 6 heteroatoms. The quantitative estimate of drug-likeness (QED) is 0.542. The molecule has 0 unspecified atom stereocenters. The number of benzene rings is 2. The first-order valence-corrected chi connectivity index (χ1v) is 7.53. The Morgan fingerprint density at radius 3 is 2.88 bits per heavy atom. The van der Waals surface area contributed by atoms with Gasteiger partial charge in [-0.25, -0.2) is 0 Å². The van der Waals surface area contributed by atoms with Gasteiger partial charge in [0.1, 0.15) is 5.75 Å². The number of carbonyl (C=O) groups excluding carboxylic acids is 1. The summed E-state index contributed by atoms with van der Waals surface area (Å²) in [7, 11) is 1.62. The molecule has 24 heavy (non-hydrogen) atoms. The van der Waals surface area contributed by atoms with E-state index in [2.05, 4.69) is 10.3 Å². The third-order valence-corrected chi connectivity index (χ3v) is 3.91. The highest BCUT2D eigenvalue weighted by Crippen LogP contribution is 2.28. The Balaban J connectivity index is 1.68. The fourth-order valence-electron chi connectivity index (χ4n) is 2.61. The lowest BCUT2D eigenvalue weighted by atomic mass is 10.1. The first-order chi connectivity index (χ1) is 11.6. The van der Waals surface area contributed by atoms with Crippen molar-refractivity contribution in [2.45, 2.75) is 6.42 Å². The van der Waals surface area contributed by atoms with Gasteiger partial charge in [0, 0.05) is 23.6 Å². The number of carbonyl (C=O) groups is 1. The van der Waals surface area contributed by atoms with Crippen molar-refractivity contribution in [3.05, 3.63) is 53.7 Å². The molecule has 0 atom stereocenters. The Hall–Kier alpha value is -3.15. The molecular weight excluding hydrogens is 308 g/mol. The number of phenols is 2. The number of para-hydroxylation sites is 1. The standard InChI is InChI=1S/C18H18N2O4/c1-24-12-5-6-15-14(9-12)11(10-20-15)7-8-19-18(23)13-3-2-4-16(21)17(13)22/h2-6,9-10,20-22H,7-8H2,1H3,(H,19,23). The van der Waals surface area contributed by atoms with Gasteiger partial charge < -0.3 is 25.3 Å². The molecule has 3 rings (SSSR count). The molecule has 2 aromatic carbocycles. The SMILES string of the molecule is COc1ccc2[nH]cc(CCNC(=O)c3cccc(O)c3O)c2c1. The minimum absolute atomic E-state index is 0.0515. The predicted octanol–water partition coefficient (Wildman–Crippen LogP) is 2.56. The second-order valence-electron chi connectivity index (χ2n) is 5.40. The molecule has 4 N–H and O–H groups in total. The van der Waals surface area contributed by atoms with Crippen LogP contribution in [0.5, 0.6) is 17.2 Å². The summed E-state index contributed by atoms with van der Waals surface area (Å²) in [6, 6.07) is 10.1. The van der Waals surface area contributed by atoms with Crippen LogP contribution in [0.15, 0.2) is 42.6 Å². The number of aromatic hydroxyl groups is 2. The lowest BCUT2D eigenvalue weighted by Crippen LogP contribution is -2.25. The number of ether oxygens (including phenoxy) is 1. The first-order valence-electron chi connectivity index (χ1n) is 7.53. The molecule has 0 aliphatic rings. The van der Waals surface area contributed by atoms with Crippen LogP contribution in [0.1, 0.15) is 15.9 Å². The highest BCUT2D eigenvalue weighted by molar-refractivity contribution is 5.97. The van der Waals surface area contributed by atoms with E-state index in [9.17, 15) is 15.0 Å². The van der Waals surface area contributed by atoms with Crippen LogP contribution in [0.4, 0.5) is 0 Å². The van der Waals surface area contributed by atoms with Gasteiger partial charge in [-0.05, 0) is 42.3 Å². The zero-order valence-electron chi connectivity index (χ0n) is 13.2. The van der Waals surface area contributed by atoms with E-state index < -0.39 is 11.7 Å². The summed E-state index contributed by atoms with van der Waals surface area (Å²) in [5.74, 6) is -0.379. The highest BCUT2D eigenvalue weighted by atomic mass is 16.5. The fraction of sp³-hybridized carbons (Fsp3) is 0.167. The minimum Gasteiger partial charge on any atom is -0.504 e. The van der Waals surface area contributed by atoms with Gasteiger partial charge >= 0.3 is 0 Å². The number of H-pyrrole nitrogens is 1. The number of nitrogens with one attached hydrogen (secondary N) is 2. The fourth-order valence-corrected chi connectivity index (χ4v) is 2.61. The van der Waals surface area contributed by atoms with Gasteiger partial charge in [-0.3, -0.25) is 4.79 Å². The number of aromatic nitrogens is 1. The second kappa shape index (κ2) is 6.54. The van der Waals surface area contributed by atoms with Crippen molar-refractivity contribution in [1.29, 1.82) is 0 Å². The Morgan fingerprint density at radius 2 is 2.08 bits per heavy atom. The molecule has 0 radical (unpaired) electrons. The third-order valence-electron chi connectivity index (χ3n) is 3.91. The maximum absolute atomic E-state index is 12.1. The van der Waals surface area contributed by atoms with Gasteiger partial charge in [-0.1, -0.05) is 6.07 Å². The molecule has 0 saturated carbocycles. The van der Waals surface area contributed by atoms with E-state index >= 15 is 0 Å². The van der Waals surface area contributed by atoms with Crippen molar-refractivity contribution in [3.8, 4) is 17.2 Å². The van der Waals surface area contributed by atoms with E-state index in [4.69, 9.17) is 4.74 Å². The molecule has 0 aliphatic carbocycles. The van der Waals surface area contributed by atoms with Gasteiger partial charge in [0.05, 0.1) is 12.7 Å². The van der Waals surface area contributed by atoms with E-state index in [1.54, 1.807) is 7.11 Å². The number of methoxy groups -OCH3 is 1. The zero-order chi connectivity index (χ0) is 17.1. The van der Waals surface area contributed by atoms with Crippen LogP contribution in [0, 0.1) is 0 Å². The first kappa shape index (κ1) is 15.7. The van der Waals surface area contributed by atoms with Crippen LogP contribution in [-0.2, 0) is 6.42 Å². The van der Waals surface area contributed by atoms with Crippen LogP contribution in [-0.4, -0.2) is 34.8 Å². The number of fused-ring (bicyclic) bond motifs is 1. The van der Waals surface area contributed by atoms with Crippen molar-refractivity contribution >= 4 is 16.8 Å². The smallest absolute Gasteiger partial charge is 0.255 e. The van der Waals surface area contributed by atoms with Crippen LogP contribution in [0.3, 0.4) is 0 Å². The monoisotopic (exact) mass is 326 g/mol. The summed E-state index contributed by atoms with van der Waals surface area (Å²) in [6.07, 6.45) is 2.53. The van der Waals surface area contributed by atoms with E-state index in [-0.39, 0.29) is 11.3 Å². The summed E-state index contributed by atoms with van der Waals surface area (Å²) in [5.41, 5.74) is 2.11. The summed E-state index contributed by atoms with van der Waals surface area (Å²) in [6.45, 7) is 0.401. The normalized spacial score (nSPS) is 10.7. The van der Waals surface area contributed by atoms with E-state index in [0.717, 1.165) is 22.2 Å². The second-order valence-corrected chi connectivity index (χ2v) is 5.40. The Bertz CT molecular complexity index is 886. The number of hydrogen-bond acceptors (Lipinski definition) is 4. The largest absolute Gasteiger partial charge is 0.504 e. The molecular formula is C18H18N2O4. The number of rotatable bonds is 5. The minimum atomic E-state index is -0.430. The topological polar surface area (TPSA) is 94.6 Å². The van der Waals surface area contributed by atoms with Crippen molar-refractivity contribution in [1.82, 2.24) is 10.3 Å². The number of hydrogen-bond donors (Lipinski definition) is 4. The molecule has 3 aromatic rings. The lowest BCUT2D eigenvalue weighted by Gasteiger charge is -2.07. The molecule has 0 aliphatic heterocycles. The highest BCUT2D eigenvalue weighted by Gasteiger charge is 2.13. The third kappa shape index (κ3) is 2.99. The average molecular weight is 326 g/mol. The van der Waals surface area contributed by atoms with Crippen LogP contribution in [0.2, 0.25) is 0 Å². The van der Waals surface area contributed by atoms with Crippen molar-refractivity contribution in [3.63, 3.8) is 0 Å². The maximum atomic E-state index is 12.1. The average Bonchev–Trinajstić information content (AvgIpc) is 2.99. The molecule has 0 saturated heterocycles. The van der Waals surface area contributed by atoms with Gasteiger partial charge in [-0.2, -0.15) is 0 Å². The van der Waals surface area contributed by atoms with Gasteiger partial charge in [-0.15, -0.1) is 0 Å². The summed E-state index contributed by atoms with van der Waals surface area (Å²) in [5, 5.41) is 23.0. The summed E-state index contributed by atoms with van der Waals surface area (Å²) < 4.78 is 5.24. The van der Waals surface area contributed by atoms with Crippen molar-refractivity contribution in [2.75, 3.05) is 13.7 Å². The molecule has 124 valence electrons. The molecule has 0 bridgehead atoms. The van der Waals surface area contributed by atoms with Crippen LogP contribution >= 0.6 is 0 Å². The lowest BCUT2D eigenvalue weighted by molar-refractivity contribution is 0.0951. The van der Waals surface area contributed by atoms with Gasteiger partial charge in [0.2, 0.25) is 0 Å². The molecule has 0 spiro atoms. The molecule has 6 nitrogen and oxygen atoms in total. The van der Waals surface area contributed by atoms with Gasteiger partial charge in [0.25, 0.3) is 5.91 Å². The molecule has 1 amide bonds. The Kier molecular flexibility index (Phi) is 4.29. The number of phenolic OH excluding ortho intramolecular Hbond substituents is 2. The Labute approximate surface area is 138 Å². The molecule has 1 aromatic heterocycles. The predicted molar refractivity (Wildman–Crippen MR) is 90.7 cm³/mol. The van der Waals surface area contributed by atoms with E-state index in [1.807, 2.05) is 24.4 Å². The van der Waals surface area contributed by atoms with E-state index in [0.29, 0.717) is 13.0 Å². The van der Waals surface area contributed by atoms with Gasteiger partial charge in [0.15, 0.2) is 11.5 Å². The number of aromatic amines is 1. The summed E-state index contributed by atoms with van der Waals surface area (Å²) >= 11 is 0. The number of amides is 1. The molecule has 1 heterocycles. The van der Waals surface area contributed by atoms with Crippen molar-refractivity contribution in [2.24, 2.45) is 0 Å². The zero-order valence-corrected chi connectivity index (χ0v) is 13.2. The van der Waals surface area contributed by atoms with E-state index in [1.165, 1.54) is 18.2 Å². The summed E-state index contributed by atoms with van der Waals surface area (Å²) in [4.78, 5) is 15.3. The van der Waals surface area contributed by atoms with Crippen molar-refractivity contribution < 1.29 is 19.7 Å². The van der Waals surface area contributed by atoms with Crippen LogP contribution < -0.4 is 10.1 Å². The van der Waals surface area contributed by atoms with Crippen LogP contribution in [0.25, 0.3) is 10.9 Å². The Morgan fingerprint density at radius 1 is 1.25 bits per heavy atom. The molecule has 0 fully saturated rings.